The van der Waals surface area contributed by atoms with Crippen molar-refractivity contribution in [1.29, 1.82) is 0 Å². The fourth-order valence-corrected chi connectivity index (χ4v) is 117. The SMILES string of the molecule is C=C(C)C(=O)OCCCCC[Si]1(C)O[Si]2(C)CC[Si](C)(C)O[Si](C)(C)CC[Si](C)(O2)O[Si](C)(CC[Si](C)(C)O[Si](C)(C)O[Si](C)(C)CC[Si]2(C)O[Si](C)(CC[Si](C)(C)O[Si](C)(C)C)O[Si]3(C)CC[Si](C)(C)O[Si](C)(C)CC[Si](C)(O3)O2)O1. The topological polar surface area (TPSA) is 146 Å². The molecule has 0 saturated carbocycles. The first-order chi connectivity index (χ1) is 36.5. The Bertz CT molecular complexity index is 2180. The number of carbonyl (C=O) groups is 1. The van der Waals surface area contributed by atoms with Crippen LogP contribution in [-0.4, -0.2) is 156 Å². The highest BCUT2D eigenvalue weighted by Gasteiger charge is 2.61. The average molecular weight is 1440 g/mol. The maximum absolute atomic E-state index is 12.1. The van der Waals surface area contributed by atoms with Gasteiger partial charge in [0.05, 0.1) is 6.61 Å². The van der Waals surface area contributed by atoms with Crippen LogP contribution in [0.2, 0.25) is 267 Å². The second kappa shape index (κ2) is 27.5. The number of ether oxygens (including phenoxy) is 1. The van der Waals surface area contributed by atoms with E-state index in [0.717, 1.165) is 110 Å². The fraction of sp³-hybridized carbons (Fsp3) is 0.940. The van der Waals surface area contributed by atoms with Crippen molar-refractivity contribution in [3.63, 3.8) is 0 Å². The Labute approximate surface area is 520 Å². The van der Waals surface area contributed by atoms with Gasteiger partial charge in [0.25, 0.3) is 0 Å². The lowest BCUT2D eigenvalue weighted by molar-refractivity contribution is -0.139. The molecule has 82 heavy (non-hydrogen) atoms. The van der Waals surface area contributed by atoms with Crippen molar-refractivity contribution in [2.24, 2.45) is 0 Å². The van der Waals surface area contributed by atoms with Crippen molar-refractivity contribution in [1.82, 2.24) is 0 Å². The summed E-state index contributed by atoms with van der Waals surface area (Å²) < 4.78 is 103. The highest BCUT2D eigenvalue weighted by molar-refractivity contribution is 6.98. The van der Waals surface area contributed by atoms with Crippen molar-refractivity contribution in [2.75, 3.05) is 6.61 Å². The minimum Gasteiger partial charge on any atom is -0.462 e. The Hall–Kier alpha value is 2.38. The van der Waals surface area contributed by atoms with Crippen molar-refractivity contribution in [3.8, 4) is 0 Å². The van der Waals surface area contributed by atoms with Crippen LogP contribution in [0.3, 0.4) is 0 Å². The highest BCUT2D eigenvalue weighted by Crippen LogP contribution is 2.46. The van der Waals surface area contributed by atoms with Crippen LogP contribution in [0.25, 0.3) is 0 Å². The molecule has 15 nitrogen and oxygen atoms in total. The molecule has 4 bridgehead atoms. The molecule has 8 unspecified atom stereocenters. The fourth-order valence-electron chi connectivity index (χ4n) is 13.4. The normalized spacial score (nSPS) is 35.3. The van der Waals surface area contributed by atoms with Crippen LogP contribution in [0.1, 0.15) is 26.2 Å². The molecule has 4 aliphatic heterocycles. The van der Waals surface area contributed by atoms with E-state index in [0.29, 0.717) is 12.2 Å². The van der Waals surface area contributed by atoms with E-state index < -0.39 is 144 Å². The molecule has 0 aromatic carbocycles. The monoisotopic (exact) mass is 1440 g/mol. The zero-order valence-electron chi connectivity index (χ0n) is 57.8. The number of esters is 1. The first-order valence-electron chi connectivity index (χ1n) is 31.4. The zero-order chi connectivity index (χ0) is 63.0. The third-order valence-corrected chi connectivity index (χ3v) is 88.8. The highest BCUT2D eigenvalue weighted by atomic mass is 28.5. The molecule has 4 saturated heterocycles. The molecule has 0 aliphatic carbocycles. The molecule has 4 rings (SSSR count). The van der Waals surface area contributed by atoms with Gasteiger partial charge in [-0.1, -0.05) is 19.4 Å². The van der Waals surface area contributed by atoms with E-state index in [4.69, 9.17) is 58.2 Å². The van der Waals surface area contributed by atoms with Crippen molar-refractivity contribution < 1.29 is 63.0 Å². The summed E-state index contributed by atoms with van der Waals surface area (Å²) >= 11 is 0. The van der Waals surface area contributed by atoms with Gasteiger partial charge in [-0.3, -0.25) is 0 Å². The maximum atomic E-state index is 12.1. The third kappa shape index (κ3) is 26.5. The van der Waals surface area contributed by atoms with Gasteiger partial charge in [0.2, 0.25) is 0 Å². The van der Waals surface area contributed by atoms with Crippen LogP contribution in [0.15, 0.2) is 12.2 Å². The van der Waals surface area contributed by atoms with Gasteiger partial charge in [0.15, 0.2) is 66.5 Å². The smallest absolute Gasteiger partial charge is 0.333 e. The largest absolute Gasteiger partial charge is 0.462 e. The molecule has 4 heterocycles. The molecule has 0 radical (unpaired) electrons. The maximum Gasteiger partial charge on any atom is 0.333 e. The summed E-state index contributed by atoms with van der Waals surface area (Å²) in [5.74, 6) is -0.333. The molecule has 482 valence electrons. The lowest BCUT2D eigenvalue weighted by Crippen LogP contribution is -2.68. The van der Waals surface area contributed by atoms with Gasteiger partial charge in [-0.2, -0.15) is 0 Å². The number of fused-ring (bicyclic) bond motifs is 4. The van der Waals surface area contributed by atoms with E-state index in [-0.39, 0.29) is 5.97 Å². The molecule has 0 aromatic heterocycles. The Morgan fingerprint density at radius 3 is 0.963 bits per heavy atom. The minimum atomic E-state index is -2.95. The number of hydrogen-bond donors (Lipinski definition) is 0. The minimum absolute atomic E-state index is 0.333. The van der Waals surface area contributed by atoms with Crippen LogP contribution in [0, 0.1) is 0 Å². The van der Waals surface area contributed by atoms with E-state index in [1.54, 1.807) is 6.92 Å². The Morgan fingerprint density at radius 1 is 0.378 bits per heavy atom. The number of rotatable bonds is 22. The average Bonchev–Trinajstić information content (AvgIpc) is 3.22. The Morgan fingerprint density at radius 2 is 0.671 bits per heavy atom. The third-order valence-electron chi connectivity index (χ3n) is 16.3. The molecular weight excluding hydrogens is 1320 g/mol. The lowest BCUT2D eigenvalue weighted by atomic mass is 10.3. The lowest BCUT2D eigenvalue weighted by Gasteiger charge is -2.52. The molecule has 0 spiro atoms. The first-order valence-corrected chi connectivity index (χ1v) is 79.6. The zero-order valence-corrected chi connectivity index (χ0v) is 74.8. The number of unbranched alkanes of at least 4 members (excludes halogenated alkanes) is 2. The Balaban J connectivity index is 1.59. The molecular formula is C50H124O15Si17. The summed E-state index contributed by atoms with van der Waals surface area (Å²) in [5.41, 5.74) is 0.425. The van der Waals surface area contributed by atoms with Gasteiger partial charge < -0.3 is 58.2 Å². The number of hydrogen-bond acceptors (Lipinski definition) is 15. The second-order valence-electron chi connectivity index (χ2n) is 32.5. The molecule has 4 aliphatic rings. The molecule has 0 aromatic rings. The molecule has 8 atom stereocenters. The molecule has 0 N–H and O–H groups in total. The van der Waals surface area contributed by atoms with Gasteiger partial charge in [0.1, 0.15) is 0 Å². The molecule has 32 heteroatoms. The van der Waals surface area contributed by atoms with Gasteiger partial charge in [-0.15, -0.1) is 0 Å². The van der Waals surface area contributed by atoms with Crippen LogP contribution in [0.5, 0.6) is 0 Å². The van der Waals surface area contributed by atoms with Crippen LogP contribution in [-0.2, 0) is 63.0 Å². The van der Waals surface area contributed by atoms with E-state index in [1.807, 2.05) is 0 Å². The van der Waals surface area contributed by atoms with Crippen LogP contribution >= 0.6 is 0 Å². The molecule has 0 amide bonds. The number of carbonyl (C=O) groups excluding carboxylic acids is 1. The summed E-state index contributed by atoms with van der Waals surface area (Å²) in [5, 5.41) is 0. The second-order valence-corrected chi connectivity index (χ2v) is 100. The van der Waals surface area contributed by atoms with Crippen molar-refractivity contribution in [3.05, 3.63) is 12.2 Å². The van der Waals surface area contributed by atoms with Crippen molar-refractivity contribution >= 4 is 150 Å². The van der Waals surface area contributed by atoms with Gasteiger partial charge >= 0.3 is 83.0 Å². The summed E-state index contributed by atoms with van der Waals surface area (Å²) in [6.45, 7) is 69.0. The first kappa shape index (κ1) is 76.8. The van der Waals surface area contributed by atoms with E-state index in [1.165, 1.54) is 0 Å². The quantitative estimate of drug-likeness (QED) is 0.0438. The van der Waals surface area contributed by atoms with E-state index in [2.05, 4.69) is 183 Å². The van der Waals surface area contributed by atoms with Crippen LogP contribution in [0.4, 0.5) is 0 Å². The predicted octanol–water partition coefficient (Wildman–Crippen LogP) is 17.1. The van der Waals surface area contributed by atoms with Gasteiger partial charge in [0, 0.05) is 5.57 Å². The summed E-state index contributed by atoms with van der Waals surface area (Å²) in [6.07, 6.45) is 2.59. The van der Waals surface area contributed by atoms with E-state index >= 15 is 0 Å². The van der Waals surface area contributed by atoms with E-state index in [9.17, 15) is 4.79 Å². The standard InChI is InChI=1S/C50H124O15Si17/c1-49(2)50(51)52-33-31-30-32-34-75(22)58-76(23)43-36-68(8,9)54-69(10,11)37-44-79(26,60-76)61-77(24,59-75)47-40-72(16,17)56-74(20,21)57-73(18,19)41-48-82(29)63-78(25,42-35-67(6,7)53-66(3,4)5)62-80(27)45-38-70(12,13)55-71(14,15)39-46-81(28,64-80)65-82/h1,30-48H2,2-29H3. The van der Waals surface area contributed by atoms with Crippen LogP contribution < -0.4 is 0 Å². The summed E-state index contributed by atoms with van der Waals surface area (Å²) in [7, 11) is -41.9. The summed E-state index contributed by atoms with van der Waals surface area (Å²) in [6, 6.07) is 13.7. The molecule has 4 fully saturated rings. The van der Waals surface area contributed by atoms with Gasteiger partial charge in [-0.05, 0) is 281 Å². The van der Waals surface area contributed by atoms with Gasteiger partial charge in [-0.25, -0.2) is 4.79 Å². The van der Waals surface area contributed by atoms with Crippen molar-refractivity contribution in [2.45, 2.75) is 294 Å². The predicted molar refractivity (Wildman–Crippen MR) is 382 cm³/mol. The summed E-state index contributed by atoms with van der Waals surface area (Å²) in [4.78, 5) is 12.1. The Kier molecular flexibility index (Phi) is 25.8.